The summed E-state index contributed by atoms with van der Waals surface area (Å²) in [5.74, 6) is -0.283. The van der Waals surface area contributed by atoms with Crippen LogP contribution in [0.25, 0.3) is 17.0 Å². The maximum absolute atomic E-state index is 13.4. The fraction of sp³-hybridized carbons (Fsp3) is 0. The first-order valence-electron chi connectivity index (χ1n) is 4.20. The van der Waals surface area contributed by atoms with Crippen LogP contribution < -0.4 is 0 Å². The van der Waals surface area contributed by atoms with Crippen molar-refractivity contribution in [3.05, 3.63) is 41.9 Å². The number of benzene rings is 1. The Morgan fingerprint density at radius 1 is 1.36 bits per heavy atom. The lowest BCUT2D eigenvalue weighted by molar-refractivity contribution is -0.104. The third kappa shape index (κ3) is 1.33. The van der Waals surface area contributed by atoms with Gasteiger partial charge < -0.3 is 4.98 Å². The summed E-state index contributed by atoms with van der Waals surface area (Å²) in [4.78, 5) is 13.1. The van der Waals surface area contributed by atoms with Crippen LogP contribution in [0.15, 0.2) is 30.5 Å². The van der Waals surface area contributed by atoms with Crippen LogP contribution in [0.3, 0.4) is 0 Å². The SMILES string of the molecule is O=C/C=C/c1c[nH]c2cccc(F)c12. The second-order valence-electron chi connectivity index (χ2n) is 2.90. The zero-order valence-corrected chi connectivity index (χ0v) is 7.33. The quantitative estimate of drug-likeness (QED) is 0.571. The normalized spacial score (nSPS) is 11.2. The molecule has 0 radical (unpaired) electrons. The van der Waals surface area contributed by atoms with Crippen LogP contribution in [-0.2, 0) is 4.79 Å². The first-order chi connectivity index (χ1) is 6.83. The van der Waals surface area contributed by atoms with Crippen molar-refractivity contribution in [2.75, 3.05) is 0 Å². The molecule has 0 atom stereocenters. The number of rotatable bonds is 2. The van der Waals surface area contributed by atoms with E-state index >= 15 is 0 Å². The number of carbonyl (C=O) groups excluding carboxylic acids is 1. The highest BCUT2D eigenvalue weighted by Gasteiger charge is 2.04. The molecule has 0 amide bonds. The summed E-state index contributed by atoms with van der Waals surface area (Å²) in [5.41, 5.74) is 1.42. The van der Waals surface area contributed by atoms with E-state index in [4.69, 9.17) is 0 Å². The molecule has 0 spiro atoms. The molecule has 0 fully saturated rings. The number of aldehydes is 1. The molecule has 1 heterocycles. The van der Waals surface area contributed by atoms with Gasteiger partial charge in [0.2, 0.25) is 0 Å². The van der Waals surface area contributed by atoms with Crippen molar-refractivity contribution < 1.29 is 9.18 Å². The van der Waals surface area contributed by atoms with Crippen molar-refractivity contribution in [3.8, 4) is 0 Å². The zero-order chi connectivity index (χ0) is 9.97. The Morgan fingerprint density at radius 2 is 2.21 bits per heavy atom. The van der Waals surface area contributed by atoms with Crippen LogP contribution in [0.2, 0.25) is 0 Å². The smallest absolute Gasteiger partial charge is 0.142 e. The number of aromatic amines is 1. The van der Waals surface area contributed by atoms with Crippen molar-refractivity contribution in [2.24, 2.45) is 0 Å². The van der Waals surface area contributed by atoms with Crippen molar-refractivity contribution in [2.45, 2.75) is 0 Å². The summed E-state index contributed by atoms with van der Waals surface area (Å²) in [6.45, 7) is 0. The Balaban J connectivity index is 2.66. The Kier molecular flexibility index (Phi) is 2.14. The molecular formula is C11H8FNO. The first-order valence-corrected chi connectivity index (χ1v) is 4.20. The number of carbonyl (C=O) groups is 1. The third-order valence-electron chi connectivity index (χ3n) is 2.04. The minimum atomic E-state index is -0.283. The van der Waals surface area contributed by atoms with Crippen molar-refractivity contribution in [3.63, 3.8) is 0 Å². The number of hydrogen-bond donors (Lipinski definition) is 1. The van der Waals surface area contributed by atoms with Gasteiger partial charge in [0.15, 0.2) is 0 Å². The van der Waals surface area contributed by atoms with Crippen LogP contribution >= 0.6 is 0 Å². The lowest BCUT2D eigenvalue weighted by Gasteiger charge is -1.93. The Labute approximate surface area is 80.1 Å². The molecule has 2 nitrogen and oxygen atoms in total. The highest BCUT2D eigenvalue weighted by molar-refractivity contribution is 5.91. The molecule has 1 aromatic heterocycles. The van der Waals surface area contributed by atoms with Gasteiger partial charge in [0, 0.05) is 22.7 Å². The minimum Gasteiger partial charge on any atom is -0.360 e. The molecule has 1 N–H and O–H groups in total. The fourth-order valence-electron chi connectivity index (χ4n) is 1.44. The van der Waals surface area contributed by atoms with Crippen LogP contribution in [0.5, 0.6) is 0 Å². The Bertz CT molecular complexity index is 499. The molecule has 0 bridgehead atoms. The van der Waals surface area contributed by atoms with Gasteiger partial charge in [0.05, 0.1) is 0 Å². The maximum atomic E-state index is 13.4. The molecule has 0 aliphatic rings. The van der Waals surface area contributed by atoms with E-state index in [9.17, 15) is 9.18 Å². The van der Waals surface area contributed by atoms with E-state index in [1.807, 2.05) is 0 Å². The molecule has 1 aromatic carbocycles. The van der Waals surface area contributed by atoms with Crippen LogP contribution in [0, 0.1) is 5.82 Å². The zero-order valence-electron chi connectivity index (χ0n) is 7.33. The molecule has 0 aliphatic heterocycles. The van der Waals surface area contributed by atoms with Crippen LogP contribution in [-0.4, -0.2) is 11.3 Å². The second kappa shape index (κ2) is 3.46. The molecule has 3 heteroatoms. The van der Waals surface area contributed by atoms with Crippen LogP contribution in [0.4, 0.5) is 4.39 Å². The van der Waals surface area contributed by atoms with Crippen LogP contribution in [0.1, 0.15) is 5.56 Å². The molecule has 14 heavy (non-hydrogen) atoms. The van der Waals surface area contributed by atoms with Gasteiger partial charge in [-0.3, -0.25) is 4.79 Å². The van der Waals surface area contributed by atoms with E-state index in [0.29, 0.717) is 17.2 Å². The van der Waals surface area contributed by atoms with Gasteiger partial charge in [0.25, 0.3) is 0 Å². The number of allylic oxidation sites excluding steroid dienone is 1. The Morgan fingerprint density at radius 3 is 3.00 bits per heavy atom. The molecule has 70 valence electrons. The summed E-state index contributed by atoms with van der Waals surface area (Å²) in [5, 5.41) is 0.519. The summed E-state index contributed by atoms with van der Waals surface area (Å²) >= 11 is 0. The maximum Gasteiger partial charge on any atom is 0.142 e. The summed E-state index contributed by atoms with van der Waals surface area (Å²) < 4.78 is 13.4. The average molecular weight is 189 g/mol. The highest BCUT2D eigenvalue weighted by Crippen LogP contribution is 2.22. The lowest BCUT2D eigenvalue weighted by Crippen LogP contribution is -1.76. The fourth-order valence-corrected chi connectivity index (χ4v) is 1.44. The van der Waals surface area contributed by atoms with Gasteiger partial charge in [-0.1, -0.05) is 6.07 Å². The Hall–Kier alpha value is -1.90. The summed E-state index contributed by atoms with van der Waals surface area (Å²) in [6.07, 6.45) is 5.26. The molecule has 2 rings (SSSR count). The van der Waals surface area contributed by atoms with E-state index in [-0.39, 0.29) is 5.82 Å². The number of halogens is 1. The topological polar surface area (TPSA) is 32.9 Å². The van der Waals surface area contributed by atoms with Crippen molar-refractivity contribution in [1.82, 2.24) is 4.98 Å². The highest BCUT2D eigenvalue weighted by atomic mass is 19.1. The molecule has 0 saturated heterocycles. The van der Waals surface area contributed by atoms with Gasteiger partial charge in [-0.25, -0.2) is 4.39 Å². The largest absolute Gasteiger partial charge is 0.360 e. The van der Waals surface area contributed by atoms with E-state index in [0.717, 1.165) is 5.52 Å². The number of H-pyrrole nitrogens is 1. The van der Waals surface area contributed by atoms with E-state index in [1.165, 1.54) is 12.1 Å². The van der Waals surface area contributed by atoms with Crippen molar-refractivity contribution >= 4 is 23.3 Å². The van der Waals surface area contributed by atoms with E-state index in [1.54, 1.807) is 24.4 Å². The van der Waals surface area contributed by atoms with E-state index in [2.05, 4.69) is 4.98 Å². The van der Waals surface area contributed by atoms with Gasteiger partial charge in [0.1, 0.15) is 12.1 Å². The molecule has 2 aromatic rings. The number of nitrogens with one attached hydrogen (secondary N) is 1. The standard InChI is InChI=1S/C11H8FNO/c12-9-4-1-5-10-11(9)8(7-13-10)3-2-6-14/h1-7,13H/b3-2+. The average Bonchev–Trinajstić information content (AvgIpc) is 2.59. The van der Waals surface area contributed by atoms with E-state index < -0.39 is 0 Å². The summed E-state index contributed by atoms with van der Waals surface area (Å²) in [6, 6.07) is 4.83. The molecular weight excluding hydrogens is 181 g/mol. The second-order valence-corrected chi connectivity index (χ2v) is 2.90. The van der Waals surface area contributed by atoms with Gasteiger partial charge in [-0.15, -0.1) is 0 Å². The first kappa shape index (κ1) is 8.69. The minimum absolute atomic E-state index is 0.283. The predicted octanol–water partition coefficient (Wildman–Crippen LogP) is 2.52. The van der Waals surface area contributed by atoms with Gasteiger partial charge in [-0.2, -0.15) is 0 Å². The van der Waals surface area contributed by atoms with Gasteiger partial charge in [-0.05, 0) is 24.3 Å². The molecule has 0 saturated carbocycles. The lowest BCUT2D eigenvalue weighted by atomic mass is 10.1. The molecule has 0 aliphatic carbocycles. The van der Waals surface area contributed by atoms with Gasteiger partial charge >= 0.3 is 0 Å². The summed E-state index contributed by atoms with van der Waals surface area (Å²) in [7, 11) is 0. The number of fused-ring (bicyclic) bond motifs is 1. The van der Waals surface area contributed by atoms with Crippen molar-refractivity contribution in [1.29, 1.82) is 0 Å². The number of hydrogen-bond acceptors (Lipinski definition) is 1. The monoisotopic (exact) mass is 189 g/mol. The third-order valence-corrected chi connectivity index (χ3v) is 2.04. The molecule has 0 unspecified atom stereocenters. The predicted molar refractivity (Wildman–Crippen MR) is 53.4 cm³/mol. The number of aromatic nitrogens is 1.